The quantitative estimate of drug-likeness (QED) is 0.633. The first-order valence-electron chi connectivity index (χ1n) is 5.91. The predicted molar refractivity (Wildman–Crippen MR) is 89.3 cm³/mol. The van der Waals surface area contributed by atoms with Crippen LogP contribution in [0.5, 0.6) is 0 Å². The number of halogens is 2. The van der Waals surface area contributed by atoms with E-state index in [1.54, 1.807) is 18.2 Å². The molecular weight excluding hydrogens is 414 g/mol. The van der Waals surface area contributed by atoms with Crippen LogP contribution in [0.25, 0.3) is 0 Å². The van der Waals surface area contributed by atoms with E-state index < -0.39 is 10.0 Å². The third kappa shape index (κ3) is 6.16. The van der Waals surface area contributed by atoms with Crippen LogP contribution in [-0.2, 0) is 10.0 Å². The van der Waals surface area contributed by atoms with Gasteiger partial charge in [-0.1, -0.05) is 22.4 Å². The summed E-state index contributed by atoms with van der Waals surface area (Å²) in [6, 6.07) is 5.04. The summed E-state index contributed by atoms with van der Waals surface area (Å²) in [7, 11) is -3.42. The molecule has 0 unspecified atom stereocenters. The van der Waals surface area contributed by atoms with Gasteiger partial charge in [0.25, 0.3) is 0 Å². The fourth-order valence-electron chi connectivity index (χ4n) is 1.53. The van der Waals surface area contributed by atoms with Gasteiger partial charge in [0.05, 0.1) is 4.90 Å². The molecule has 0 aliphatic carbocycles. The highest BCUT2D eigenvalue weighted by Gasteiger charge is 2.16. The van der Waals surface area contributed by atoms with E-state index in [9.17, 15) is 8.42 Å². The summed E-state index contributed by atoms with van der Waals surface area (Å²) in [4.78, 5) is 0.278. The molecule has 7 heteroatoms. The second-order valence-corrected chi connectivity index (χ2v) is 8.52. The second-order valence-electron chi connectivity index (χ2n) is 4.03. The van der Waals surface area contributed by atoms with Gasteiger partial charge in [0.1, 0.15) is 0 Å². The topological polar surface area (TPSA) is 46.2 Å². The van der Waals surface area contributed by atoms with Crippen molar-refractivity contribution in [1.29, 1.82) is 0 Å². The molecule has 3 nitrogen and oxygen atoms in total. The zero-order chi connectivity index (χ0) is 14.3. The molecule has 0 aliphatic heterocycles. The Kier molecular flexibility index (Phi) is 7.98. The lowest BCUT2D eigenvalue weighted by atomic mass is 10.2. The summed E-state index contributed by atoms with van der Waals surface area (Å²) in [6.07, 6.45) is 5.12. The van der Waals surface area contributed by atoms with Gasteiger partial charge in [-0.05, 0) is 59.0 Å². The number of hydrogen-bond donors (Lipinski definition) is 1. The van der Waals surface area contributed by atoms with E-state index in [1.165, 1.54) is 0 Å². The fraction of sp³-hybridized carbons (Fsp3) is 0.500. The SMILES string of the molecule is CSCCCCCNS(=O)(=O)c1ccc(Br)cc1Br. The smallest absolute Gasteiger partial charge is 0.211 e. The molecule has 0 atom stereocenters. The van der Waals surface area contributed by atoms with Gasteiger partial charge in [-0.15, -0.1) is 0 Å². The Labute approximate surface area is 136 Å². The molecule has 0 fully saturated rings. The van der Waals surface area contributed by atoms with Crippen LogP contribution in [0.3, 0.4) is 0 Å². The van der Waals surface area contributed by atoms with Gasteiger partial charge in [-0.25, -0.2) is 13.1 Å². The highest BCUT2D eigenvalue weighted by molar-refractivity contribution is 9.11. The molecule has 0 aromatic heterocycles. The first kappa shape index (κ1) is 17.5. The Morgan fingerprint density at radius 3 is 2.58 bits per heavy atom. The molecule has 0 saturated heterocycles. The number of sulfonamides is 1. The molecule has 0 bridgehead atoms. The molecule has 0 aliphatic rings. The molecule has 0 saturated carbocycles. The van der Waals surface area contributed by atoms with E-state index >= 15 is 0 Å². The third-order valence-electron chi connectivity index (χ3n) is 2.50. The lowest BCUT2D eigenvalue weighted by molar-refractivity contribution is 0.575. The second kappa shape index (κ2) is 8.67. The number of benzene rings is 1. The molecule has 0 radical (unpaired) electrons. The van der Waals surface area contributed by atoms with Crippen molar-refractivity contribution in [2.75, 3.05) is 18.6 Å². The van der Waals surface area contributed by atoms with Crippen molar-refractivity contribution in [1.82, 2.24) is 4.72 Å². The van der Waals surface area contributed by atoms with Gasteiger partial charge in [-0.3, -0.25) is 0 Å². The van der Waals surface area contributed by atoms with Gasteiger partial charge < -0.3 is 0 Å². The molecule has 1 N–H and O–H groups in total. The number of hydrogen-bond acceptors (Lipinski definition) is 3. The van der Waals surface area contributed by atoms with Gasteiger partial charge in [0, 0.05) is 15.5 Å². The predicted octanol–water partition coefficient (Wildman–Crippen LogP) is 4.02. The first-order valence-corrected chi connectivity index (χ1v) is 10.4. The van der Waals surface area contributed by atoms with Crippen molar-refractivity contribution in [2.24, 2.45) is 0 Å². The standard InChI is InChI=1S/C12H17Br2NO2S2/c1-18-8-4-2-3-7-15-19(16,17)12-6-5-10(13)9-11(12)14/h5-6,9,15H,2-4,7-8H2,1H3. The zero-order valence-electron chi connectivity index (χ0n) is 10.7. The molecule has 0 amide bonds. The molecule has 108 valence electrons. The summed E-state index contributed by atoms with van der Waals surface area (Å²) < 4.78 is 28.2. The summed E-state index contributed by atoms with van der Waals surface area (Å²) in [5.74, 6) is 1.13. The summed E-state index contributed by atoms with van der Waals surface area (Å²) in [5.41, 5.74) is 0. The van der Waals surface area contributed by atoms with Crippen molar-refractivity contribution in [3.8, 4) is 0 Å². The number of unbranched alkanes of at least 4 members (excludes halogenated alkanes) is 2. The van der Waals surface area contributed by atoms with E-state index in [-0.39, 0.29) is 4.90 Å². The minimum absolute atomic E-state index is 0.278. The van der Waals surface area contributed by atoms with Crippen LogP contribution in [0.1, 0.15) is 19.3 Å². The maximum absolute atomic E-state index is 12.1. The average Bonchev–Trinajstić information content (AvgIpc) is 2.33. The Balaban J connectivity index is 2.52. The molecule has 0 spiro atoms. The number of nitrogens with one attached hydrogen (secondary N) is 1. The minimum atomic E-state index is -3.42. The van der Waals surface area contributed by atoms with Crippen LogP contribution in [0.15, 0.2) is 32.0 Å². The molecule has 1 aromatic rings. The van der Waals surface area contributed by atoms with E-state index in [2.05, 4.69) is 42.8 Å². The Morgan fingerprint density at radius 1 is 1.21 bits per heavy atom. The van der Waals surface area contributed by atoms with Crippen LogP contribution in [0.4, 0.5) is 0 Å². The Bertz CT molecular complexity index is 506. The van der Waals surface area contributed by atoms with E-state index in [4.69, 9.17) is 0 Å². The fourth-order valence-corrected chi connectivity index (χ4v) is 4.84. The van der Waals surface area contributed by atoms with Crippen molar-refractivity contribution in [3.63, 3.8) is 0 Å². The normalized spacial score (nSPS) is 11.7. The zero-order valence-corrected chi connectivity index (χ0v) is 15.5. The van der Waals surface area contributed by atoms with Crippen LogP contribution in [0.2, 0.25) is 0 Å². The van der Waals surface area contributed by atoms with E-state index in [1.807, 2.05) is 11.8 Å². The van der Waals surface area contributed by atoms with Crippen LogP contribution in [0, 0.1) is 0 Å². The van der Waals surface area contributed by atoms with Gasteiger partial charge >= 0.3 is 0 Å². The molecule has 19 heavy (non-hydrogen) atoms. The van der Waals surface area contributed by atoms with Gasteiger partial charge in [-0.2, -0.15) is 11.8 Å². The van der Waals surface area contributed by atoms with Gasteiger partial charge in [0.2, 0.25) is 10.0 Å². The van der Waals surface area contributed by atoms with Crippen LogP contribution in [-0.4, -0.2) is 27.0 Å². The monoisotopic (exact) mass is 429 g/mol. The third-order valence-corrected chi connectivity index (χ3v) is 6.13. The van der Waals surface area contributed by atoms with Gasteiger partial charge in [0.15, 0.2) is 0 Å². The van der Waals surface area contributed by atoms with Crippen LogP contribution >= 0.6 is 43.6 Å². The van der Waals surface area contributed by atoms with Crippen molar-refractivity contribution < 1.29 is 8.42 Å². The van der Waals surface area contributed by atoms with Crippen molar-refractivity contribution >= 4 is 53.6 Å². The summed E-state index contributed by atoms with van der Waals surface area (Å²) in [5, 5.41) is 0. The summed E-state index contributed by atoms with van der Waals surface area (Å²) >= 11 is 8.39. The highest BCUT2D eigenvalue weighted by atomic mass is 79.9. The van der Waals surface area contributed by atoms with E-state index in [0.29, 0.717) is 11.0 Å². The number of thioether (sulfide) groups is 1. The largest absolute Gasteiger partial charge is 0.241 e. The molecule has 1 rings (SSSR count). The van der Waals surface area contributed by atoms with Crippen LogP contribution < -0.4 is 4.72 Å². The maximum Gasteiger partial charge on any atom is 0.241 e. The Morgan fingerprint density at radius 2 is 1.95 bits per heavy atom. The van der Waals surface area contributed by atoms with Crippen molar-refractivity contribution in [2.45, 2.75) is 24.2 Å². The minimum Gasteiger partial charge on any atom is -0.211 e. The Hall–Kier alpha value is 0.440. The maximum atomic E-state index is 12.1. The summed E-state index contributed by atoms with van der Waals surface area (Å²) in [6.45, 7) is 0.485. The lowest BCUT2D eigenvalue weighted by Crippen LogP contribution is -2.25. The van der Waals surface area contributed by atoms with E-state index in [0.717, 1.165) is 29.5 Å². The average molecular weight is 431 g/mol. The molecule has 0 heterocycles. The molecular formula is C12H17Br2NO2S2. The lowest BCUT2D eigenvalue weighted by Gasteiger charge is -2.08. The van der Waals surface area contributed by atoms with Crippen molar-refractivity contribution in [3.05, 3.63) is 27.1 Å². The molecule has 1 aromatic carbocycles. The highest BCUT2D eigenvalue weighted by Crippen LogP contribution is 2.25. The number of rotatable bonds is 8. The first-order chi connectivity index (χ1) is 8.97.